The van der Waals surface area contributed by atoms with Crippen LogP contribution in [0, 0.1) is 35.5 Å². The fraction of sp³-hybridized carbons (Fsp3) is 0.500. The van der Waals surface area contributed by atoms with Crippen molar-refractivity contribution >= 4 is 17.7 Å². The molecule has 0 radical (unpaired) electrons. The Balaban J connectivity index is 1.46. The number of hydrogen-bond acceptors (Lipinski definition) is 5. The van der Waals surface area contributed by atoms with Gasteiger partial charge in [-0.05, 0) is 36.5 Å². The molecule has 27 heavy (non-hydrogen) atoms. The van der Waals surface area contributed by atoms with E-state index in [-0.39, 0.29) is 30.2 Å². The maximum Gasteiger partial charge on any atom is 0.310 e. The molecule has 142 valence electrons. The minimum absolute atomic E-state index is 0.0125. The highest BCUT2D eigenvalue weighted by atomic mass is 16.5. The van der Waals surface area contributed by atoms with Crippen LogP contribution >= 0.6 is 0 Å². The van der Waals surface area contributed by atoms with Crippen molar-refractivity contribution < 1.29 is 23.9 Å². The molecule has 2 fully saturated rings. The second kappa shape index (κ2) is 7.29. The molecule has 4 aliphatic rings. The number of hydrogen-bond donors (Lipinski definition) is 0. The van der Waals surface area contributed by atoms with E-state index < -0.39 is 17.8 Å². The maximum absolute atomic E-state index is 12.9. The predicted octanol–water partition coefficient (Wildman–Crippen LogP) is 3.05. The number of rotatable bonds is 7. The van der Waals surface area contributed by atoms with Gasteiger partial charge in [-0.2, -0.15) is 0 Å². The number of fused-ring (bicyclic) bond motifs is 1. The first-order chi connectivity index (χ1) is 13.1. The Morgan fingerprint density at radius 2 is 1.52 bits per heavy atom. The first-order valence-corrected chi connectivity index (χ1v) is 9.71. The van der Waals surface area contributed by atoms with Gasteiger partial charge in [0.05, 0.1) is 18.4 Å². The van der Waals surface area contributed by atoms with Crippen LogP contribution < -0.4 is 0 Å². The lowest BCUT2D eigenvalue weighted by Crippen LogP contribution is -2.48. The molecule has 0 N–H and O–H groups in total. The number of ketones is 1. The lowest BCUT2D eigenvalue weighted by molar-refractivity contribution is -0.167. The van der Waals surface area contributed by atoms with Crippen molar-refractivity contribution in [2.24, 2.45) is 35.5 Å². The number of benzene rings is 1. The lowest BCUT2D eigenvalue weighted by atomic mass is 9.62. The van der Waals surface area contributed by atoms with Gasteiger partial charge in [-0.3, -0.25) is 14.4 Å². The van der Waals surface area contributed by atoms with E-state index in [1.807, 2.05) is 13.0 Å². The first kappa shape index (κ1) is 18.0. The number of esters is 2. The van der Waals surface area contributed by atoms with Crippen LogP contribution in [0.15, 0.2) is 42.5 Å². The van der Waals surface area contributed by atoms with Crippen molar-refractivity contribution in [1.82, 2.24) is 0 Å². The summed E-state index contributed by atoms with van der Waals surface area (Å²) in [5.41, 5.74) is 0.511. The summed E-state index contributed by atoms with van der Waals surface area (Å²) in [6.07, 6.45) is 5.94. The molecule has 0 unspecified atom stereocenters. The van der Waals surface area contributed by atoms with Crippen LogP contribution in [0.1, 0.15) is 30.1 Å². The van der Waals surface area contributed by atoms with Crippen LogP contribution in [0.2, 0.25) is 0 Å². The molecule has 5 heteroatoms. The van der Waals surface area contributed by atoms with Gasteiger partial charge in [0.1, 0.15) is 0 Å². The van der Waals surface area contributed by atoms with Gasteiger partial charge < -0.3 is 9.47 Å². The number of Topliss-reactive ketones (excluding diaryl/α,β-unsaturated/α-hetero) is 1. The number of carbonyl (C=O) groups excluding carboxylic acids is 3. The largest absolute Gasteiger partial charge is 0.465 e. The Labute approximate surface area is 158 Å². The highest BCUT2D eigenvalue weighted by molar-refractivity contribution is 5.98. The molecule has 5 rings (SSSR count). The van der Waals surface area contributed by atoms with Crippen molar-refractivity contribution in [2.75, 3.05) is 13.2 Å². The van der Waals surface area contributed by atoms with Crippen molar-refractivity contribution in [1.29, 1.82) is 0 Å². The minimum Gasteiger partial charge on any atom is -0.465 e. The quantitative estimate of drug-likeness (QED) is 0.420. The molecule has 4 aliphatic carbocycles. The summed E-state index contributed by atoms with van der Waals surface area (Å²) in [7, 11) is 0. The molecular formula is C22H24O5. The van der Waals surface area contributed by atoms with Crippen LogP contribution in [0.4, 0.5) is 0 Å². The van der Waals surface area contributed by atoms with Gasteiger partial charge in [-0.25, -0.2) is 0 Å². The average molecular weight is 368 g/mol. The smallest absolute Gasteiger partial charge is 0.310 e. The number of carbonyl (C=O) groups is 3. The molecule has 0 spiro atoms. The monoisotopic (exact) mass is 368 g/mol. The summed E-state index contributed by atoms with van der Waals surface area (Å²) in [5, 5.41) is 0. The van der Waals surface area contributed by atoms with Crippen LogP contribution in [-0.2, 0) is 19.1 Å². The van der Waals surface area contributed by atoms with E-state index in [1.165, 1.54) is 0 Å². The fourth-order valence-electron chi connectivity index (χ4n) is 4.76. The maximum atomic E-state index is 12.9. The average Bonchev–Trinajstić information content (AvgIpc) is 3.52. The zero-order valence-electron chi connectivity index (χ0n) is 15.4. The minimum atomic E-state index is -0.545. The molecule has 5 nitrogen and oxygen atoms in total. The highest BCUT2D eigenvalue weighted by Crippen LogP contribution is 2.63. The Kier molecular flexibility index (Phi) is 4.85. The summed E-state index contributed by atoms with van der Waals surface area (Å²) in [6, 6.07) is 8.76. The number of ether oxygens (including phenoxy) is 2. The summed E-state index contributed by atoms with van der Waals surface area (Å²) in [6.45, 7) is 2.00. The summed E-state index contributed by atoms with van der Waals surface area (Å²) in [4.78, 5) is 37.8. The van der Waals surface area contributed by atoms with E-state index in [1.54, 1.807) is 24.3 Å². The van der Waals surface area contributed by atoms with Gasteiger partial charge in [0.25, 0.3) is 0 Å². The highest BCUT2D eigenvalue weighted by Gasteiger charge is 2.63. The van der Waals surface area contributed by atoms with Gasteiger partial charge in [0.15, 0.2) is 12.4 Å². The molecule has 2 bridgehead atoms. The van der Waals surface area contributed by atoms with E-state index in [2.05, 4.69) is 12.2 Å². The standard InChI is InChI=1S/C22H24O5/c1-2-10-26-21(24)19-14-8-9-15(17-11-16(14)17)20(19)22(25)27-12-18(23)13-6-4-3-5-7-13/h3-9,14-17,19-20H,2,10-12H2,1H3/t14-,15-,16-,17-,19+,20-/m0/s1. The third-order valence-corrected chi connectivity index (χ3v) is 6.09. The fourth-order valence-corrected chi connectivity index (χ4v) is 4.76. The molecule has 0 saturated heterocycles. The Morgan fingerprint density at radius 3 is 2.11 bits per heavy atom. The van der Waals surface area contributed by atoms with Crippen molar-refractivity contribution in [3.63, 3.8) is 0 Å². The molecule has 0 aliphatic heterocycles. The third kappa shape index (κ3) is 3.31. The Bertz CT molecular complexity index is 768. The second-order valence-corrected chi connectivity index (χ2v) is 7.72. The molecule has 2 saturated carbocycles. The van der Waals surface area contributed by atoms with Gasteiger partial charge in [-0.15, -0.1) is 0 Å². The first-order valence-electron chi connectivity index (χ1n) is 9.71. The molecule has 6 atom stereocenters. The van der Waals surface area contributed by atoms with Gasteiger partial charge in [0.2, 0.25) is 0 Å². The van der Waals surface area contributed by atoms with Crippen molar-refractivity contribution in [3.8, 4) is 0 Å². The van der Waals surface area contributed by atoms with E-state index in [0.29, 0.717) is 24.0 Å². The molecular weight excluding hydrogens is 344 g/mol. The zero-order chi connectivity index (χ0) is 19.0. The Morgan fingerprint density at radius 1 is 0.926 bits per heavy atom. The summed E-state index contributed by atoms with van der Waals surface area (Å²) in [5.74, 6) is -1.04. The molecule has 1 aromatic carbocycles. The Hall–Kier alpha value is -2.43. The molecule has 0 amide bonds. The zero-order valence-corrected chi connectivity index (χ0v) is 15.4. The summed E-state index contributed by atoms with van der Waals surface area (Å²) >= 11 is 0. The molecule has 0 aromatic heterocycles. The van der Waals surface area contributed by atoms with Crippen molar-refractivity contribution in [2.45, 2.75) is 19.8 Å². The molecule has 0 heterocycles. The van der Waals surface area contributed by atoms with E-state index >= 15 is 0 Å². The second-order valence-electron chi connectivity index (χ2n) is 7.72. The third-order valence-electron chi connectivity index (χ3n) is 6.09. The van der Waals surface area contributed by atoms with Crippen LogP contribution in [0.3, 0.4) is 0 Å². The molecule has 1 aromatic rings. The van der Waals surface area contributed by atoms with Crippen molar-refractivity contribution in [3.05, 3.63) is 48.0 Å². The lowest BCUT2D eigenvalue weighted by Gasteiger charge is -2.41. The van der Waals surface area contributed by atoms with Gasteiger partial charge >= 0.3 is 11.9 Å². The van der Waals surface area contributed by atoms with E-state index in [9.17, 15) is 14.4 Å². The van der Waals surface area contributed by atoms with Gasteiger partial charge in [-0.1, -0.05) is 49.4 Å². The predicted molar refractivity (Wildman–Crippen MR) is 97.7 cm³/mol. The number of allylic oxidation sites excluding steroid dienone is 2. The SMILES string of the molecule is CCCOC(=O)[C@@H]1[C@H]2C=C[C@@H]([C@@H]3C[C@@H]23)[C@@H]1C(=O)OCC(=O)c1ccccc1. The van der Waals surface area contributed by atoms with Gasteiger partial charge in [0, 0.05) is 5.56 Å². The topological polar surface area (TPSA) is 69.7 Å². The summed E-state index contributed by atoms with van der Waals surface area (Å²) < 4.78 is 10.7. The van der Waals surface area contributed by atoms with Crippen LogP contribution in [-0.4, -0.2) is 30.9 Å². The van der Waals surface area contributed by atoms with E-state index in [0.717, 1.165) is 12.8 Å². The van der Waals surface area contributed by atoms with Crippen LogP contribution in [0.25, 0.3) is 0 Å². The van der Waals surface area contributed by atoms with E-state index in [4.69, 9.17) is 9.47 Å². The normalized spacial score (nSPS) is 32.5. The van der Waals surface area contributed by atoms with Crippen LogP contribution in [0.5, 0.6) is 0 Å².